The van der Waals surface area contributed by atoms with Crippen LogP contribution in [0.4, 0.5) is 0 Å². The molecule has 0 aromatic heterocycles. The van der Waals surface area contributed by atoms with Gasteiger partial charge in [-0.2, -0.15) is 0 Å². The van der Waals surface area contributed by atoms with E-state index in [0.29, 0.717) is 12.5 Å². The van der Waals surface area contributed by atoms with E-state index in [9.17, 15) is 5.11 Å². The van der Waals surface area contributed by atoms with E-state index < -0.39 is 0 Å². The maximum atomic E-state index is 9.69. The van der Waals surface area contributed by atoms with Gasteiger partial charge in [0, 0.05) is 36.6 Å². The molecule has 1 saturated heterocycles. The molecule has 4 nitrogen and oxygen atoms in total. The predicted octanol–water partition coefficient (Wildman–Crippen LogP) is 1.55. The molecule has 1 aromatic rings. The van der Waals surface area contributed by atoms with Crippen LogP contribution < -0.4 is 15.4 Å². The molecule has 1 aliphatic rings. The minimum Gasteiger partial charge on any atom is -0.497 e. The Morgan fingerprint density at radius 1 is 1.47 bits per heavy atom. The van der Waals surface area contributed by atoms with Gasteiger partial charge in [-0.05, 0) is 23.8 Å². The molecule has 2 atom stereocenters. The fourth-order valence-electron chi connectivity index (χ4n) is 2.13. The predicted molar refractivity (Wildman–Crippen MR) is 82.0 cm³/mol. The van der Waals surface area contributed by atoms with Gasteiger partial charge >= 0.3 is 0 Å². The van der Waals surface area contributed by atoms with Gasteiger partial charge in [-0.15, -0.1) is 12.4 Å². The monoisotopic (exact) mass is 350 g/mol. The summed E-state index contributed by atoms with van der Waals surface area (Å²) in [7, 11) is 1.67. The van der Waals surface area contributed by atoms with Gasteiger partial charge in [-0.1, -0.05) is 15.9 Å². The zero-order chi connectivity index (χ0) is 13.0. The van der Waals surface area contributed by atoms with E-state index in [1.807, 2.05) is 18.2 Å². The lowest BCUT2D eigenvalue weighted by Crippen LogP contribution is -2.30. The van der Waals surface area contributed by atoms with Crippen LogP contribution in [0.1, 0.15) is 5.56 Å². The summed E-state index contributed by atoms with van der Waals surface area (Å²) in [6.07, 6.45) is -0.230. The van der Waals surface area contributed by atoms with Crippen LogP contribution in [-0.4, -0.2) is 38.0 Å². The number of ether oxygens (including phenoxy) is 1. The highest BCUT2D eigenvalue weighted by Crippen LogP contribution is 2.22. The fourth-order valence-corrected chi connectivity index (χ4v) is 2.52. The summed E-state index contributed by atoms with van der Waals surface area (Å²) in [6.45, 7) is 3.17. The molecule has 0 radical (unpaired) electrons. The Bertz CT molecular complexity index is 406. The van der Waals surface area contributed by atoms with Gasteiger partial charge in [0.1, 0.15) is 5.75 Å². The molecular formula is C13H20BrClN2O2. The number of hydrogen-bond acceptors (Lipinski definition) is 4. The molecule has 2 unspecified atom stereocenters. The Balaban J connectivity index is 0.00000180. The Labute approximate surface area is 128 Å². The maximum absolute atomic E-state index is 9.69. The third-order valence-corrected chi connectivity index (χ3v) is 4.05. The molecule has 1 fully saturated rings. The number of aliphatic hydroxyl groups is 1. The molecule has 108 valence electrons. The van der Waals surface area contributed by atoms with Crippen LogP contribution in [0.3, 0.4) is 0 Å². The second kappa shape index (κ2) is 8.07. The van der Waals surface area contributed by atoms with Gasteiger partial charge < -0.3 is 20.5 Å². The highest BCUT2D eigenvalue weighted by atomic mass is 79.9. The third-order valence-electron chi connectivity index (χ3n) is 3.28. The first-order valence-electron chi connectivity index (χ1n) is 6.12. The molecule has 3 N–H and O–H groups in total. The van der Waals surface area contributed by atoms with Crippen LogP contribution >= 0.6 is 28.3 Å². The van der Waals surface area contributed by atoms with Crippen molar-refractivity contribution in [3.8, 4) is 5.75 Å². The van der Waals surface area contributed by atoms with Crippen molar-refractivity contribution < 1.29 is 9.84 Å². The number of methoxy groups -OCH3 is 1. The van der Waals surface area contributed by atoms with Crippen LogP contribution in [0.2, 0.25) is 0 Å². The summed E-state index contributed by atoms with van der Waals surface area (Å²) >= 11 is 3.53. The largest absolute Gasteiger partial charge is 0.497 e. The molecule has 1 aliphatic heterocycles. The SMILES string of the molecule is COc1ccc(Br)c(CNCC2CNCC2O)c1.Cl. The summed E-state index contributed by atoms with van der Waals surface area (Å²) in [5.74, 6) is 1.16. The average Bonchev–Trinajstić information content (AvgIpc) is 2.77. The Morgan fingerprint density at radius 3 is 2.89 bits per heavy atom. The van der Waals surface area contributed by atoms with E-state index in [0.717, 1.165) is 35.4 Å². The molecule has 1 heterocycles. The molecule has 0 bridgehead atoms. The van der Waals surface area contributed by atoms with Crippen molar-refractivity contribution in [2.24, 2.45) is 5.92 Å². The van der Waals surface area contributed by atoms with E-state index >= 15 is 0 Å². The van der Waals surface area contributed by atoms with E-state index in [1.165, 1.54) is 0 Å². The number of hydrogen-bond donors (Lipinski definition) is 3. The zero-order valence-electron chi connectivity index (χ0n) is 10.9. The average molecular weight is 352 g/mol. The third kappa shape index (κ3) is 4.61. The van der Waals surface area contributed by atoms with Crippen LogP contribution in [0.25, 0.3) is 0 Å². The summed E-state index contributed by atoms with van der Waals surface area (Å²) < 4.78 is 6.28. The number of halogens is 2. The topological polar surface area (TPSA) is 53.5 Å². The van der Waals surface area contributed by atoms with Gasteiger partial charge in [0.15, 0.2) is 0 Å². The summed E-state index contributed by atoms with van der Waals surface area (Å²) in [5.41, 5.74) is 1.16. The van der Waals surface area contributed by atoms with Gasteiger partial charge in [0.25, 0.3) is 0 Å². The molecule has 1 aromatic carbocycles. The Kier molecular flexibility index (Phi) is 7.10. The minimum atomic E-state index is -0.230. The van der Waals surface area contributed by atoms with Crippen LogP contribution in [0.5, 0.6) is 5.75 Å². The van der Waals surface area contributed by atoms with E-state index in [2.05, 4.69) is 26.6 Å². The number of β-amino-alcohol motifs (C(OH)–C–C–N with tert-alkyl or cyclic N) is 1. The first kappa shape index (κ1) is 16.7. The molecule has 19 heavy (non-hydrogen) atoms. The van der Waals surface area contributed by atoms with Gasteiger partial charge in [0.05, 0.1) is 13.2 Å². The van der Waals surface area contributed by atoms with Gasteiger partial charge in [-0.25, -0.2) is 0 Å². The lowest BCUT2D eigenvalue weighted by Gasteiger charge is -2.15. The van der Waals surface area contributed by atoms with Crippen molar-refractivity contribution in [3.05, 3.63) is 28.2 Å². The van der Waals surface area contributed by atoms with Crippen molar-refractivity contribution in [2.45, 2.75) is 12.6 Å². The first-order valence-corrected chi connectivity index (χ1v) is 6.92. The fraction of sp³-hybridized carbons (Fsp3) is 0.538. The number of nitrogens with one attached hydrogen (secondary N) is 2. The lowest BCUT2D eigenvalue weighted by molar-refractivity contribution is 0.146. The molecule has 0 amide bonds. The standard InChI is InChI=1S/C13H19BrN2O2.ClH/c1-18-11-2-3-12(14)9(4-11)5-15-6-10-7-16-8-13(10)17;/h2-4,10,13,15-17H,5-8H2,1H3;1H. The molecule has 0 aliphatic carbocycles. The van der Waals surface area contributed by atoms with Crippen molar-refractivity contribution in [1.29, 1.82) is 0 Å². The smallest absolute Gasteiger partial charge is 0.119 e. The molecule has 0 saturated carbocycles. The zero-order valence-corrected chi connectivity index (χ0v) is 13.3. The molecule has 0 spiro atoms. The number of rotatable bonds is 5. The van der Waals surface area contributed by atoms with E-state index in [-0.39, 0.29) is 18.5 Å². The minimum absolute atomic E-state index is 0. The Hall–Kier alpha value is -0.330. The van der Waals surface area contributed by atoms with Gasteiger partial charge in [-0.3, -0.25) is 0 Å². The van der Waals surface area contributed by atoms with Crippen LogP contribution in [0, 0.1) is 5.92 Å². The number of benzene rings is 1. The van der Waals surface area contributed by atoms with Crippen molar-refractivity contribution in [1.82, 2.24) is 10.6 Å². The highest BCUT2D eigenvalue weighted by Gasteiger charge is 2.24. The van der Waals surface area contributed by atoms with Gasteiger partial charge in [0.2, 0.25) is 0 Å². The summed E-state index contributed by atoms with van der Waals surface area (Å²) in [6, 6.07) is 5.93. The summed E-state index contributed by atoms with van der Waals surface area (Å²) in [5, 5.41) is 16.3. The summed E-state index contributed by atoms with van der Waals surface area (Å²) in [4.78, 5) is 0. The number of aliphatic hydroxyl groups excluding tert-OH is 1. The second-order valence-corrected chi connectivity index (χ2v) is 5.43. The molecule has 2 rings (SSSR count). The second-order valence-electron chi connectivity index (χ2n) is 4.57. The van der Waals surface area contributed by atoms with E-state index in [1.54, 1.807) is 7.11 Å². The molecule has 6 heteroatoms. The van der Waals surface area contributed by atoms with Crippen molar-refractivity contribution in [2.75, 3.05) is 26.7 Å². The Morgan fingerprint density at radius 2 is 2.26 bits per heavy atom. The van der Waals surface area contributed by atoms with E-state index in [4.69, 9.17) is 4.74 Å². The van der Waals surface area contributed by atoms with Crippen molar-refractivity contribution in [3.63, 3.8) is 0 Å². The normalized spacial score (nSPS) is 22.1. The highest BCUT2D eigenvalue weighted by molar-refractivity contribution is 9.10. The lowest BCUT2D eigenvalue weighted by atomic mass is 10.1. The quantitative estimate of drug-likeness (QED) is 0.753. The van der Waals surface area contributed by atoms with Crippen LogP contribution in [0.15, 0.2) is 22.7 Å². The van der Waals surface area contributed by atoms with Crippen molar-refractivity contribution >= 4 is 28.3 Å². The van der Waals surface area contributed by atoms with Crippen LogP contribution in [-0.2, 0) is 6.54 Å². The first-order chi connectivity index (χ1) is 8.70. The molecular weight excluding hydrogens is 332 g/mol. The maximum Gasteiger partial charge on any atom is 0.119 e.